The second kappa shape index (κ2) is 59.1. The van der Waals surface area contributed by atoms with Crippen molar-refractivity contribution in [3.63, 3.8) is 0 Å². The summed E-state index contributed by atoms with van der Waals surface area (Å²) in [6.07, 6.45) is 81.9. The van der Waals surface area contributed by atoms with E-state index >= 15 is 0 Å². The molecule has 0 aromatic rings. The summed E-state index contributed by atoms with van der Waals surface area (Å²) in [6.45, 7) is 20.9. The zero-order valence-electron chi connectivity index (χ0n) is 53.4. The van der Waals surface area contributed by atoms with Gasteiger partial charge in [0.2, 0.25) is 0 Å². The second-order valence-corrected chi connectivity index (χ2v) is 26.2. The van der Waals surface area contributed by atoms with Crippen molar-refractivity contribution in [1.82, 2.24) is 0 Å². The van der Waals surface area contributed by atoms with Gasteiger partial charge in [-0.05, 0) is 74.0 Å². The lowest BCUT2D eigenvalue weighted by atomic mass is 9.69. The predicted octanol–water partition coefficient (Wildman–Crippen LogP) is 26.9. The lowest BCUT2D eigenvalue weighted by molar-refractivity contribution is -0.301. The summed E-state index contributed by atoms with van der Waals surface area (Å²) < 4.78 is 0. The van der Waals surface area contributed by atoms with E-state index in [1.807, 2.05) is 0 Å². The zero-order valence-corrected chi connectivity index (χ0v) is 53.4. The van der Waals surface area contributed by atoms with Gasteiger partial charge in [0.15, 0.2) is 0 Å². The van der Waals surface area contributed by atoms with E-state index in [0.29, 0.717) is 10.8 Å². The van der Waals surface area contributed by atoms with Gasteiger partial charge in [-0.15, -0.1) is 0 Å². The van der Waals surface area contributed by atoms with Crippen molar-refractivity contribution in [1.29, 1.82) is 0 Å². The largest absolute Gasteiger partial charge is 0.237 e. The van der Waals surface area contributed by atoms with Crippen LogP contribution in [0.25, 0.3) is 0 Å². The Kier molecular flexibility index (Phi) is 59.0. The van der Waals surface area contributed by atoms with Gasteiger partial charge >= 0.3 is 0 Å². The molecular formula is C72H146O2. The minimum Gasteiger partial charge on any atom is -0.237 e. The van der Waals surface area contributed by atoms with Crippen molar-refractivity contribution < 1.29 is 9.78 Å². The lowest BCUT2D eigenvalue weighted by Crippen LogP contribution is -2.27. The van der Waals surface area contributed by atoms with Gasteiger partial charge in [0.25, 0.3) is 0 Å². The van der Waals surface area contributed by atoms with Crippen LogP contribution in [-0.2, 0) is 9.78 Å². The minimum atomic E-state index is 0.398. The highest BCUT2D eigenvalue weighted by Gasteiger charge is 2.33. The molecule has 0 aromatic carbocycles. The number of unbranched alkanes of at least 4 members (excludes halogenated alkanes) is 42. The van der Waals surface area contributed by atoms with E-state index in [1.54, 1.807) is 0 Å². The van der Waals surface area contributed by atoms with Crippen LogP contribution < -0.4 is 0 Å². The first kappa shape index (κ1) is 73.9. The normalized spacial score (nSPS) is 13.1. The van der Waals surface area contributed by atoms with Crippen molar-refractivity contribution in [3.05, 3.63) is 0 Å². The molecule has 0 aromatic heterocycles. The summed E-state index contributed by atoms with van der Waals surface area (Å²) in [5.41, 5.74) is 0.796. The average molecular weight is 1040 g/mol. The third kappa shape index (κ3) is 50.2. The summed E-state index contributed by atoms with van der Waals surface area (Å²) in [7, 11) is 0. The molecule has 0 spiro atoms. The van der Waals surface area contributed by atoms with Gasteiger partial charge in [-0.2, -0.15) is 0 Å². The molecule has 446 valence electrons. The predicted molar refractivity (Wildman–Crippen MR) is 337 cm³/mol. The van der Waals surface area contributed by atoms with Crippen LogP contribution in [0.4, 0.5) is 0 Å². The highest BCUT2D eigenvalue weighted by Crippen LogP contribution is 2.44. The molecule has 0 amide bonds. The van der Waals surface area contributed by atoms with Crippen LogP contribution in [0, 0.1) is 22.7 Å². The molecule has 0 saturated carbocycles. The Morgan fingerprint density at radius 1 is 0.216 bits per heavy atom. The van der Waals surface area contributed by atoms with E-state index in [0.717, 1.165) is 25.0 Å². The van der Waals surface area contributed by atoms with Gasteiger partial charge in [-0.25, -0.2) is 9.78 Å². The summed E-state index contributed by atoms with van der Waals surface area (Å²) in [4.78, 5) is 13.0. The molecule has 2 nitrogen and oxygen atoms in total. The van der Waals surface area contributed by atoms with Crippen LogP contribution in [0.5, 0.6) is 0 Å². The molecule has 0 rings (SSSR count). The quantitative estimate of drug-likeness (QED) is 0.0343. The summed E-state index contributed by atoms with van der Waals surface area (Å²) in [5, 5.41) is 0. The van der Waals surface area contributed by atoms with Crippen molar-refractivity contribution in [3.8, 4) is 0 Å². The zero-order chi connectivity index (χ0) is 54.0. The average Bonchev–Trinajstić information content (AvgIpc) is 3.39. The molecule has 2 heteroatoms. The fraction of sp³-hybridized carbons (Fsp3) is 1.00. The van der Waals surface area contributed by atoms with Crippen molar-refractivity contribution in [2.75, 3.05) is 13.2 Å². The Balaban J connectivity index is 6.10. The lowest BCUT2D eigenvalue weighted by Gasteiger charge is -2.38. The van der Waals surface area contributed by atoms with Gasteiger partial charge in [-0.1, -0.05) is 376 Å². The first-order chi connectivity index (χ1) is 36.4. The fourth-order valence-corrected chi connectivity index (χ4v) is 13.5. The van der Waals surface area contributed by atoms with E-state index in [4.69, 9.17) is 9.78 Å². The van der Waals surface area contributed by atoms with E-state index in [1.165, 1.54) is 372 Å². The number of rotatable bonds is 65. The summed E-state index contributed by atoms with van der Waals surface area (Å²) in [5.74, 6) is 1.61. The fourth-order valence-electron chi connectivity index (χ4n) is 13.5. The van der Waals surface area contributed by atoms with Crippen LogP contribution in [0.15, 0.2) is 0 Å². The molecular weight excluding hydrogens is 897 g/mol. The van der Waals surface area contributed by atoms with E-state index in [-0.39, 0.29) is 0 Å². The molecule has 74 heavy (non-hydrogen) atoms. The molecule has 2 atom stereocenters. The maximum Gasteiger partial charge on any atom is 0.0827 e. The Hall–Kier alpha value is -0.0800. The first-order valence-corrected chi connectivity index (χ1v) is 35.6. The maximum atomic E-state index is 6.50. The molecule has 0 heterocycles. The standard InChI is InChI=1S/C72H146O2/c1-9-15-21-27-33-39-45-51-57-69(7)67-71(59-53-47-41-35-29-23-17-11-3,60-54-48-42-36-30-24-18-12-4)63-65-73-74-66-64-72(61-55-49-43-37-31-25-19-13-5,62-56-50-44-38-32-26-20-14-6)68-70(8)58-52-46-40-34-28-22-16-10-2/h69-70H,9-68H2,1-8H3. The molecule has 0 fully saturated rings. The smallest absolute Gasteiger partial charge is 0.0827 e. The Bertz CT molecular complexity index is 901. The van der Waals surface area contributed by atoms with E-state index in [2.05, 4.69) is 55.4 Å². The highest BCUT2D eigenvalue weighted by molar-refractivity contribution is 4.84. The second-order valence-electron chi connectivity index (χ2n) is 26.2. The van der Waals surface area contributed by atoms with Crippen LogP contribution >= 0.6 is 0 Å². The first-order valence-electron chi connectivity index (χ1n) is 35.6. The third-order valence-electron chi connectivity index (χ3n) is 18.4. The number of hydrogen-bond donors (Lipinski definition) is 0. The van der Waals surface area contributed by atoms with Crippen molar-refractivity contribution in [2.45, 2.75) is 428 Å². The highest BCUT2D eigenvalue weighted by atomic mass is 17.2. The molecule has 0 saturated heterocycles. The van der Waals surface area contributed by atoms with E-state index < -0.39 is 0 Å². The maximum absolute atomic E-state index is 6.50. The van der Waals surface area contributed by atoms with Crippen molar-refractivity contribution in [2.24, 2.45) is 22.7 Å². The molecule has 0 radical (unpaired) electrons. The molecule has 2 unspecified atom stereocenters. The van der Waals surface area contributed by atoms with Crippen molar-refractivity contribution >= 4 is 0 Å². The minimum absolute atomic E-state index is 0.398. The molecule has 0 aliphatic heterocycles. The monoisotopic (exact) mass is 1040 g/mol. The summed E-state index contributed by atoms with van der Waals surface area (Å²) in [6, 6.07) is 0. The third-order valence-corrected chi connectivity index (χ3v) is 18.4. The molecule has 0 N–H and O–H groups in total. The van der Waals surface area contributed by atoms with E-state index in [9.17, 15) is 0 Å². The summed E-state index contributed by atoms with van der Waals surface area (Å²) >= 11 is 0. The van der Waals surface area contributed by atoms with Gasteiger partial charge in [0.05, 0.1) is 13.2 Å². The van der Waals surface area contributed by atoms with Crippen LogP contribution in [0.2, 0.25) is 0 Å². The topological polar surface area (TPSA) is 18.5 Å². The number of hydrogen-bond acceptors (Lipinski definition) is 2. The molecule has 0 aliphatic carbocycles. The van der Waals surface area contributed by atoms with Crippen LogP contribution in [-0.4, -0.2) is 13.2 Å². The SMILES string of the molecule is CCCCCCCCCCC(C)CC(CCCCCCCCCC)(CCCCCCCCCC)CCOOCCC(CCCCCCCCCC)(CCCCCCCCCC)CC(C)CCCCCCCCCC. The van der Waals surface area contributed by atoms with Crippen LogP contribution in [0.3, 0.4) is 0 Å². The van der Waals surface area contributed by atoms with Gasteiger partial charge in [0, 0.05) is 0 Å². The van der Waals surface area contributed by atoms with Gasteiger partial charge < -0.3 is 0 Å². The van der Waals surface area contributed by atoms with Gasteiger partial charge in [0.1, 0.15) is 0 Å². The molecule has 0 aliphatic rings. The molecule has 0 bridgehead atoms. The Morgan fingerprint density at radius 2 is 0.392 bits per heavy atom. The Labute approximate surface area is 471 Å². The van der Waals surface area contributed by atoms with Crippen LogP contribution in [0.1, 0.15) is 428 Å². The van der Waals surface area contributed by atoms with Gasteiger partial charge in [-0.3, -0.25) is 0 Å². The Morgan fingerprint density at radius 3 is 0.595 bits per heavy atom.